The lowest BCUT2D eigenvalue weighted by Crippen LogP contribution is -2.53. The number of nitrogens with two attached hydrogens (primary N) is 2. The summed E-state index contributed by atoms with van der Waals surface area (Å²) in [7, 11) is 0. The van der Waals surface area contributed by atoms with Gasteiger partial charge in [0.05, 0.1) is 0 Å². The van der Waals surface area contributed by atoms with Crippen LogP contribution in [0.2, 0.25) is 0 Å². The summed E-state index contributed by atoms with van der Waals surface area (Å²) in [5, 5.41) is 0. The molecule has 0 saturated heterocycles. The Morgan fingerprint density at radius 3 is 1.94 bits per heavy atom. The lowest BCUT2D eigenvalue weighted by molar-refractivity contribution is -0.162. The molecule has 0 fully saturated rings. The van der Waals surface area contributed by atoms with Gasteiger partial charge in [0.2, 0.25) is 0 Å². The van der Waals surface area contributed by atoms with Crippen LogP contribution in [0.3, 0.4) is 0 Å². The van der Waals surface area contributed by atoms with E-state index in [9.17, 15) is 14.4 Å². The van der Waals surface area contributed by atoms with Gasteiger partial charge in [0.25, 0.3) is 0 Å². The third-order valence-corrected chi connectivity index (χ3v) is 1.50. The largest absolute Gasteiger partial charge is 0.459 e. The lowest BCUT2D eigenvalue weighted by Gasteiger charge is -2.23. The Kier molecular flexibility index (Phi) is 5.06. The number of carbonyl (C=O) groups excluding carboxylic acids is 3. The maximum absolute atomic E-state index is 11.4. The number of rotatable bonds is 4. The first-order valence-electron chi connectivity index (χ1n) is 4.57. The summed E-state index contributed by atoms with van der Waals surface area (Å²) in [4.78, 5) is 32.3. The molecule has 7 heteroatoms. The molecule has 0 bridgehead atoms. The normalized spacial score (nSPS) is 14.8. The second-order valence-corrected chi connectivity index (χ2v) is 4.12. The van der Waals surface area contributed by atoms with Crippen LogP contribution >= 0.6 is 0 Å². The molecule has 0 aliphatic heterocycles. The molecule has 0 aromatic carbocycles. The van der Waals surface area contributed by atoms with Crippen LogP contribution in [0.4, 0.5) is 0 Å². The first-order valence-corrected chi connectivity index (χ1v) is 4.57. The van der Waals surface area contributed by atoms with E-state index < -0.39 is 29.6 Å². The topological polar surface area (TPSA) is 122 Å². The predicted molar refractivity (Wildman–Crippen MR) is 54.0 cm³/mol. The van der Waals surface area contributed by atoms with E-state index in [0.717, 1.165) is 0 Å². The van der Waals surface area contributed by atoms with Gasteiger partial charge >= 0.3 is 18.4 Å². The van der Waals surface area contributed by atoms with E-state index in [0.29, 0.717) is 0 Å². The summed E-state index contributed by atoms with van der Waals surface area (Å²) in [6.45, 7) is 4.86. The van der Waals surface area contributed by atoms with Gasteiger partial charge < -0.3 is 20.9 Å². The molecule has 2 unspecified atom stereocenters. The maximum atomic E-state index is 11.4. The average molecular weight is 232 g/mol. The van der Waals surface area contributed by atoms with Crippen molar-refractivity contribution in [2.45, 2.75) is 38.5 Å². The van der Waals surface area contributed by atoms with Crippen molar-refractivity contribution in [2.75, 3.05) is 0 Å². The number of ether oxygens (including phenoxy) is 2. The lowest BCUT2D eigenvalue weighted by atomic mass is 10.1. The van der Waals surface area contributed by atoms with E-state index in [2.05, 4.69) is 4.74 Å². The van der Waals surface area contributed by atoms with Gasteiger partial charge in [-0.05, 0) is 20.8 Å². The highest BCUT2D eigenvalue weighted by Gasteiger charge is 2.32. The first-order chi connectivity index (χ1) is 7.19. The third-order valence-electron chi connectivity index (χ3n) is 1.50. The van der Waals surface area contributed by atoms with Gasteiger partial charge in [-0.25, -0.2) is 4.79 Å². The van der Waals surface area contributed by atoms with Crippen LogP contribution in [0.15, 0.2) is 0 Å². The van der Waals surface area contributed by atoms with Gasteiger partial charge in [-0.2, -0.15) is 0 Å². The van der Waals surface area contributed by atoms with Crippen LogP contribution < -0.4 is 11.5 Å². The minimum absolute atomic E-state index is 0.0794. The van der Waals surface area contributed by atoms with E-state index in [1.165, 1.54) is 0 Å². The molecule has 0 rings (SSSR count). The molecule has 0 radical (unpaired) electrons. The molecule has 92 valence electrons. The first kappa shape index (κ1) is 14.5. The highest BCUT2D eigenvalue weighted by molar-refractivity contribution is 5.89. The Morgan fingerprint density at radius 2 is 1.56 bits per heavy atom. The smallest absolute Gasteiger partial charge is 0.332 e. The molecule has 0 amide bonds. The zero-order valence-electron chi connectivity index (χ0n) is 9.43. The summed E-state index contributed by atoms with van der Waals surface area (Å²) in [5.41, 5.74) is 9.96. The van der Waals surface area contributed by atoms with E-state index in [1.54, 1.807) is 20.8 Å². The van der Waals surface area contributed by atoms with Gasteiger partial charge in [-0.1, -0.05) is 0 Å². The number of esters is 2. The highest BCUT2D eigenvalue weighted by atomic mass is 16.6. The number of hydrogen-bond donors (Lipinski definition) is 2. The molecule has 4 N–H and O–H groups in total. The predicted octanol–water partition coefficient (Wildman–Crippen LogP) is -1.32. The van der Waals surface area contributed by atoms with Gasteiger partial charge in [0.15, 0.2) is 0 Å². The summed E-state index contributed by atoms with van der Waals surface area (Å²) in [5.74, 6) is -1.91. The molecular formula is C9H16N2O5. The second-order valence-electron chi connectivity index (χ2n) is 4.12. The van der Waals surface area contributed by atoms with Gasteiger partial charge in [0, 0.05) is 0 Å². The molecule has 0 saturated carbocycles. The van der Waals surface area contributed by atoms with Crippen LogP contribution in [-0.4, -0.2) is 36.1 Å². The minimum atomic E-state index is -1.43. The summed E-state index contributed by atoms with van der Waals surface area (Å²) in [6.07, 6.45) is 0. The third kappa shape index (κ3) is 4.85. The van der Waals surface area contributed by atoms with Crippen molar-refractivity contribution in [3.05, 3.63) is 0 Å². The maximum Gasteiger partial charge on any atom is 0.332 e. The monoisotopic (exact) mass is 232 g/mol. The Hall–Kier alpha value is -1.47. The van der Waals surface area contributed by atoms with E-state index in [4.69, 9.17) is 16.2 Å². The van der Waals surface area contributed by atoms with Crippen LogP contribution in [-0.2, 0) is 23.9 Å². The molecular weight excluding hydrogens is 216 g/mol. The van der Waals surface area contributed by atoms with Crippen molar-refractivity contribution in [1.82, 2.24) is 0 Å². The van der Waals surface area contributed by atoms with E-state index >= 15 is 0 Å². The second kappa shape index (κ2) is 5.57. The fourth-order valence-electron chi connectivity index (χ4n) is 0.789. The van der Waals surface area contributed by atoms with E-state index in [-0.39, 0.29) is 6.47 Å². The molecule has 0 heterocycles. The Labute approximate surface area is 93.1 Å². The number of hydrogen-bond acceptors (Lipinski definition) is 7. The average Bonchev–Trinajstić information content (AvgIpc) is 2.13. The molecule has 16 heavy (non-hydrogen) atoms. The fourth-order valence-corrected chi connectivity index (χ4v) is 0.789. The van der Waals surface area contributed by atoms with Crippen molar-refractivity contribution >= 4 is 18.4 Å². The summed E-state index contributed by atoms with van der Waals surface area (Å²) >= 11 is 0. The van der Waals surface area contributed by atoms with Crippen LogP contribution in [0.5, 0.6) is 0 Å². The van der Waals surface area contributed by atoms with Crippen LogP contribution in [0.25, 0.3) is 0 Å². The van der Waals surface area contributed by atoms with Crippen LogP contribution in [0, 0.1) is 0 Å². The molecule has 2 atom stereocenters. The zero-order chi connectivity index (χ0) is 12.9. The fraction of sp³-hybridized carbons (Fsp3) is 0.667. The quantitative estimate of drug-likeness (QED) is 0.350. The van der Waals surface area contributed by atoms with Crippen LogP contribution in [0.1, 0.15) is 20.8 Å². The highest BCUT2D eigenvalue weighted by Crippen LogP contribution is 2.08. The molecule has 0 aliphatic carbocycles. The Balaban J connectivity index is 4.43. The summed E-state index contributed by atoms with van der Waals surface area (Å²) in [6, 6.07) is -2.80. The zero-order valence-corrected chi connectivity index (χ0v) is 9.43. The van der Waals surface area contributed by atoms with E-state index in [1.807, 2.05) is 0 Å². The molecule has 0 aromatic rings. The molecule has 0 aromatic heterocycles. The molecule has 0 spiro atoms. The van der Waals surface area contributed by atoms with Crippen molar-refractivity contribution < 1.29 is 23.9 Å². The summed E-state index contributed by atoms with van der Waals surface area (Å²) < 4.78 is 8.88. The van der Waals surface area contributed by atoms with Crippen molar-refractivity contribution in [3.63, 3.8) is 0 Å². The molecule has 0 aliphatic rings. The number of carbonyl (C=O) groups is 3. The van der Waals surface area contributed by atoms with Crippen molar-refractivity contribution in [3.8, 4) is 0 Å². The minimum Gasteiger partial charge on any atom is -0.459 e. The Morgan fingerprint density at radius 1 is 1.12 bits per heavy atom. The molecule has 7 nitrogen and oxygen atoms in total. The standard InChI is InChI=1S/C9H16N2O5/c1-9(2,3)16-8(14)6(11)5(10)7(13)15-4-12/h4-6H,10-11H2,1-3H3. The van der Waals surface area contributed by atoms with Crippen molar-refractivity contribution in [1.29, 1.82) is 0 Å². The van der Waals surface area contributed by atoms with Crippen molar-refractivity contribution in [2.24, 2.45) is 11.5 Å². The van der Waals surface area contributed by atoms with Gasteiger partial charge in [-0.3, -0.25) is 9.59 Å². The van der Waals surface area contributed by atoms with Gasteiger partial charge in [-0.15, -0.1) is 0 Å². The Bertz CT molecular complexity index is 284. The SMILES string of the molecule is CC(C)(C)OC(=O)C(N)C(N)C(=O)OC=O. The van der Waals surface area contributed by atoms with Gasteiger partial charge in [0.1, 0.15) is 17.7 Å².